The van der Waals surface area contributed by atoms with Crippen molar-refractivity contribution in [3.63, 3.8) is 0 Å². The van der Waals surface area contributed by atoms with Crippen molar-refractivity contribution in [3.8, 4) is 0 Å². The second-order valence-electron chi connectivity index (χ2n) is 9.79. The summed E-state index contributed by atoms with van der Waals surface area (Å²) in [7, 11) is -4.02. The average molecular weight is 543 g/mol. The Morgan fingerprint density at radius 2 is 1.45 bits per heavy atom. The number of sulfonamides is 1. The van der Waals surface area contributed by atoms with E-state index in [9.17, 15) is 27.8 Å². The van der Waals surface area contributed by atoms with Crippen molar-refractivity contribution in [3.05, 3.63) is 102 Å². The first-order valence-electron chi connectivity index (χ1n) is 12.6. The maximum absolute atomic E-state index is 13.5. The third-order valence-corrected chi connectivity index (χ3v) is 8.33. The Kier molecular flexibility index (Phi) is 10.0. The van der Waals surface area contributed by atoms with Crippen molar-refractivity contribution < 1.29 is 27.8 Å². The van der Waals surface area contributed by atoms with Gasteiger partial charge in [0.25, 0.3) is 0 Å². The first-order chi connectivity index (χ1) is 18.0. The van der Waals surface area contributed by atoms with Crippen LogP contribution in [0.3, 0.4) is 0 Å². The molecule has 0 saturated carbocycles. The minimum atomic E-state index is -4.02. The van der Waals surface area contributed by atoms with Crippen molar-refractivity contribution >= 4 is 16.1 Å². The van der Waals surface area contributed by atoms with Crippen LogP contribution >= 0.6 is 0 Å². The number of halogens is 1. The van der Waals surface area contributed by atoms with Crippen LogP contribution in [0.5, 0.6) is 0 Å². The van der Waals surface area contributed by atoms with Gasteiger partial charge in [-0.25, -0.2) is 17.6 Å². The number of nitrogens with zero attached hydrogens (tertiary/aromatic N) is 2. The summed E-state index contributed by atoms with van der Waals surface area (Å²) in [6, 6.07) is 22.5. The molecular weight excluding hydrogens is 507 g/mol. The lowest BCUT2D eigenvalue weighted by Crippen LogP contribution is -2.54. The van der Waals surface area contributed by atoms with Gasteiger partial charge in [-0.2, -0.15) is 4.31 Å². The molecule has 1 atom stereocenters. The molecule has 204 valence electrons. The second kappa shape index (κ2) is 13.0. The van der Waals surface area contributed by atoms with Gasteiger partial charge in [0.05, 0.1) is 11.4 Å². The normalized spacial score (nSPS) is 13.4. The van der Waals surface area contributed by atoms with Crippen molar-refractivity contribution in [2.45, 2.75) is 50.3 Å². The van der Waals surface area contributed by atoms with Gasteiger partial charge < -0.3 is 10.2 Å². The zero-order valence-corrected chi connectivity index (χ0v) is 22.5. The summed E-state index contributed by atoms with van der Waals surface area (Å²) in [6.45, 7) is 3.91. The van der Waals surface area contributed by atoms with Crippen LogP contribution in [0.4, 0.5) is 9.18 Å². The third kappa shape index (κ3) is 7.86. The predicted molar refractivity (Wildman–Crippen MR) is 144 cm³/mol. The first kappa shape index (κ1) is 29.3. The molecule has 0 saturated heterocycles. The van der Waals surface area contributed by atoms with E-state index in [2.05, 4.69) is 0 Å². The Hall–Kier alpha value is -3.27. The molecule has 3 rings (SSSR count). The van der Waals surface area contributed by atoms with Gasteiger partial charge in [-0.05, 0) is 47.7 Å². The number of rotatable bonds is 13. The summed E-state index contributed by atoms with van der Waals surface area (Å²) >= 11 is 0. The topological polar surface area (TPSA) is 98.2 Å². The molecule has 0 aliphatic heterocycles. The van der Waals surface area contributed by atoms with E-state index in [1.54, 1.807) is 48.5 Å². The Balaban J connectivity index is 1.96. The largest absolute Gasteiger partial charge is 0.465 e. The molecule has 3 aromatic carbocycles. The minimum absolute atomic E-state index is 0.0262. The number of carbonyl (C=O) groups is 1. The number of benzene rings is 3. The molecule has 1 amide bonds. The standard InChI is InChI=1S/C29H35FN2O5S/c1-23(2)17-19-31(38(36,37)27-15-13-26(30)14-16-27)20-18-29(35,21-24-9-5-3-6-10-24)32(28(33)34)22-25-11-7-4-8-12-25/h3-16,23,35H,17-22H2,1-2H3,(H,33,34). The van der Waals surface area contributed by atoms with Crippen LogP contribution in [0.1, 0.15) is 37.8 Å². The molecule has 0 heterocycles. The van der Waals surface area contributed by atoms with Crippen LogP contribution in [-0.2, 0) is 23.0 Å². The highest BCUT2D eigenvalue weighted by atomic mass is 32.2. The van der Waals surface area contributed by atoms with Gasteiger partial charge in [-0.1, -0.05) is 74.5 Å². The lowest BCUT2D eigenvalue weighted by molar-refractivity contribution is -0.103. The van der Waals surface area contributed by atoms with Gasteiger partial charge in [-0.15, -0.1) is 0 Å². The Morgan fingerprint density at radius 3 is 1.97 bits per heavy atom. The fraction of sp³-hybridized carbons (Fsp3) is 0.345. The number of carboxylic acid groups (broad SMARTS) is 1. The average Bonchev–Trinajstić information content (AvgIpc) is 2.88. The number of amides is 1. The maximum atomic E-state index is 13.5. The fourth-order valence-electron chi connectivity index (χ4n) is 4.21. The van der Waals surface area contributed by atoms with Crippen molar-refractivity contribution in [1.82, 2.24) is 9.21 Å². The number of hydrogen-bond donors (Lipinski definition) is 2. The molecule has 2 N–H and O–H groups in total. The molecular formula is C29H35FN2O5S. The van der Waals surface area contributed by atoms with E-state index in [0.29, 0.717) is 17.5 Å². The van der Waals surface area contributed by atoms with Crippen LogP contribution in [0, 0.1) is 11.7 Å². The first-order valence-corrected chi connectivity index (χ1v) is 14.0. The summed E-state index contributed by atoms with van der Waals surface area (Å²) in [5.74, 6) is -0.342. The molecule has 38 heavy (non-hydrogen) atoms. The van der Waals surface area contributed by atoms with E-state index in [0.717, 1.165) is 17.0 Å². The molecule has 0 aromatic heterocycles. The minimum Gasteiger partial charge on any atom is -0.465 e. The summed E-state index contributed by atoms with van der Waals surface area (Å²) in [5, 5.41) is 22.1. The van der Waals surface area contributed by atoms with Crippen LogP contribution in [0.25, 0.3) is 0 Å². The van der Waals surface area contributed by atoms with Gasteiger partial charge in [-0.3, -0.25) is 4.90 Å². The monoisotopic (exact) mass is 542 g/mol. The summed E-state index contributed by atoms with van der Waals surface area (Å²) in [5.41, 5.74) is -0.501. The van der Waals surface area contributed by atoms with Gasteiger partial charge in [0.2, 0.25) is 10.0 Å². The van der Waals surface area contributed by atoms with Crippen LogP contribution in [0.2, 0.25) is 0 Å². The van der Waals surface area contributed by atoms with Gasteiger partial charge >= 0.3 is 6.09 Å². The third-order valence-electron chi connectivity index (χ3n) is 6.42. The SMILES string of the molecule is CC(C)CCN(CCC(O)(Cc1ccccc1)N(Cc1ccccc1)C(=O)O)S(=O)(=O)c1ccc(F)cc1. The van der Waals surface area contributed by atoms with E-state index in [1.165, 1.54) is 16.4 Å². The molecule has 3 aromatic rings. The van der Waals surface area contributed by atoms with E-state index in [-0.39, 0.29) is 43.3 Å². The number of hydrogen-bond acceptors (Lipinski definition) is 4. The molecule has 1 unspecified atom stereocenters. The van der Waals surface area contributed by atoms with E-state index in [4.69, 9.17) is 0 Å². The van der Waals surface area contributed by atoms with Crippen molar-refractivity contribution in [2.24, 2.45) is 5.92 Å². The molecule has 0 aliphatic carbocycles. The van der Waals surface area contributed by atoms with Gasteiger partial charge in [0, 0.05) is 25.9 Å². The predicted octanol–water partition coefficient (Wildman–Crippen LogP) is 5.36. The highest BCUT2D eigenvalue weighted by molar-refractivity contribution is 7.89. The Morgan fingerprint density at radius 1 is 0.895 bits per heavy atom. The van der Waals surface area contributed by atoms with E-state index < -0.39 is 27.7 Å². The van der Waals surface area contributed by atoms with Gasteiger partial charge in [0.15, 0.2) is 0 Å². The maximum Gasteiger partial charge on any atom is 0.409 e. The molecule has 0 spiro atoms. The molecule has 0 bridgehead atoms. The van der Waals surface area contributed by atoms with Crippen molar-refractivity contribution in [1.29, 1.82) is 0 Å². The van der Waals surface area contributed by atoms with Crippen LogP contribution in [-0.4, -0.2) is 52.7 Å². The molecule has 0 radical (unpaired) electrons. The molecule has 0 aliphatic rings. The van der Waals surface area contributed by atoms with Crippen molar-refractivity contribution in [2.75, 3.05) is 13.1 Å². The zero-order chi connectivity index (χ0) is 27.8. The highest BCUT2D eigenvalue weighted by Crippen LogP contribution is 2.27. The van der Waals surface area contributed by atoms with Crippen LogP contribution in [0.15, 0.2) is 89.8 Å². The molecule has 7 nitrogen and oxygen atoms in total. The van der Waals surface area contributed by atoms with Crippen LogP contribution < -0.4 is 0 Å². The van der Waals surface area contributed by atoms with Gasteiger partial charge in [0.1, 0.15) is 11.5 Å². The quantitative estimate of drug-likeness (QED) is 0.283. The lowest BCUT2D eigenvalue weighted by Gasteiger charge is -2.39. The lowest BCUT2D eigenvalue weighted by atomic mass is 9.97. The van der Waals surface area contributed by atoms with E-state index in [1.807, 2.05) is 26.0 Å². The summed E-state index contributed by atoms with van der Waals surface area (Å²) in [6.07, 6.45) is -0.951. The molecule has 9 heteroatoms. The highest BCUT2D eigenvalue weighted by Gasteiger charge is 2.39. The summed E-state index contributed by atoms with van der Waals surface area (Å²) in [4.78, 5) is 13.4. The smallest absolute Gasteiger partial charge is 0.409 e. The second-order valence-corrected chi connectivity index (χ2v) is 11.7. The number of aliphatic hydroxyl groups is 1. The zero-order valence-electron chi connectivity index (χ0n) is 21.7. The Labute approximate surface area is 224 Å². The fourth-order valence-corrected chi connectivity index (χ4v) is 5.67. The van der Waals surface area contributed by atoms with E-state index >= 15 is 0 Å². The Bertz CT molecular complexity index is 1270. The molecule has 0 fully saturated rings. The summed E-state index contributed by atoms with van der Waals surface area (Å²) < 4.78 is 41.8.